The fourth-order valence-electron chi connectivity index (χ4n) is 3.35. The number of benzene rings is 1. The normalized spacial score (nSPS) is 21.9. The summed E-state index contributed by atoms with van der Waals surface area (Å²) in [5, 5.41) is 0.937. The van der Waals surface area contributed by atoms with Crippen molar-refractivity contribution in [1.29, 1.82) is 0 Å². The molecule has 0 radical (unpaired) electrons. The van der Waals surface area contributed by atoms with Crippen molar-refractivity contribution in [1.82, 2.24) is 4.98 Å². The lowest BCUT2D eigenvalue weighted by Gasteiger charge is -2.29. The molecule has 2 aromatic rings. The molecule has 4 nitrogen and oxygen atoms in total. The number of anilines is 1. The Morgan fingerprint density at radius 3 is 2.73 bits per heavy atom. The van der Waals surface area contributed by atoms with Gasteiger partial charge in [0.25, 0.3) is 0 Å². The summed E-state index contributed by atoms with van der Waals surface area (Å²) >= 11 is 0. The van der Waals surface area contributed by atoms with Gasteiger partial charge in [-0.1, -0.05) is 6.07 Å². The van der Waals surface area contributed by atoms with Gasteiger partial charge in [0, 0.05) is 25.1 Å². The molecule has 1 fully saturated rings. The molecule has 118 valence electrons. The third-order valence-electron chi connectivity index (χ3n) is 4.44. The van der Waals surface area contributed by atoms with Crippen molar-refractivity contribution >= 4 is 16.6 Å². The quantitative estimate of drug-likeness (QED) is 0.935. The molecular formula is C18H24N2O2. The highest BCUT2D eigenvalue weighted by Crippen LogP contribution is 2.34. The minimum absolute atomic E-state index is 0.263. The highest BCUT2D eigenvalue weighted by atomic mass is 16.5. The van der Waals surface area contributed by atoms with Gasteiger partial charge >= 0.3 is 0 Å². The van der Waals surface area contributed by atoms with Crippen LogP contribution in [-0.2, 0) is 4.74 Å². The molecule has 22 heavy (non-hydrogen) atoms. The highest BCUT2D eigenvalue weighted by molar-refractivity contribution is 5.95. The molecule has 1 aliphatic carbocycles. The van der Waals surface area contributed by atoms with Crippen molar-refractivity contribution in [2.24, 2.45) is 5.92 Å². The van der Waals surface area contributed by atoms with Gasteiger partial charge in [0.05, 0.1) is 17.0 Å². The van der Waals surface area contributed by atoms with Crippen molar-refractivity contribution in [2.75, 3.05) is 19.5 Å². The summed E-state index contributed by atoms with van der Waals surface area (Å²) in [7, 11) is 1.77. The summed E-state index contributed by atoms with van der Waals surface area (Å²) in [6.07, 6.45) is 4.74. The van der Waals surface area contributed by atoms with Crippen LogP contribution in [0.5, 0.6) is 5.75 Å². The Morgan fingerprint density at radius 2 is 2.00 bits per heavy atom. The Kier molecular flexibility index (Phi) is 4.48. The molecule has 0 aliphatic heterocycles. The van der Waals surface area contributed by atoms with Crippen molar-refractivity contribution in [3.63, 3.8) is 0 Å². The lowest BCUT2D eigenvalue weighted by molar-refractivity contribution is 0.0848. The first-order valence-corrected chi connectivity index (χ1v) is 7.99. The van der Waals surface area contributed by atoms with E-state index in [9.17, 15) is 0 Å². The van der Waals surface area contributed by atoms with Gasteiger partial charge in [-0.2, -0.15) is 0 Å². The zero-order chi connectivity index (χ0) is 15.5. The number of ether oxygens (including phenoxy) is 2. The monoisotopic (exact) mass is 300 g/mol. The van der Waals surface area contributed by atoms with Gasteiger partial charge in [-0.25, -0.2) is 0 Å². The van der Waals surface area contributed by atoms with Crippen LogP contribution in [0.25, 0.3) is 10.9 Å². The molecule has 0 unspecified atom stereocenters. The molecule has 1 aliphatic rings. The van der Waals surface area contributed by atoms with Gasteiger partial charge in [0.15, 0.2) is 0 Å². The minimum Gasteiger partial charge on any atom is -0.490 e. The average molecular weight is 300 g/mol. The topological polar surface area (TPSA) is 57.4 Å². The van der Waals surface area contributed by atoms with Gasteiger partial charge in [-0.05, 0) is 56.7 Å². The van der Waals surface area contributed by atoms with Gasteiger partial charge in [0.1, 0.15) is 5.75 Å². The van der Waals surface area contributed by atoms with E-state index in [1.807, 2.05) is 31.2 Å². The minimum atomic E-state index is 0.263. The number of fused-ring (bicyclic) bond motifs is 1. The number of hydrogen-bond donors (Lipinski definition) is 1. The van der Waals surface area contributed by atoms with Crippen LogP contribution in [-0.4, -0.2) is 24.8 Å². The first-order chi connectivity index (χ1) is 10.7. The van der Waals surface area contributed by atoms with Gasteiger partial charge in [-0.15, -0.1) is 0 Å². The Bertz CT molecular complexity index is 649. The van der Waals surface area contributed by atoms with E-state index in [4.69, 9.17) is 15.2 Å². The number of methoxy groups -OCH3 is 1. The van der Waals surface area contributed by atoms with Gasteiger partial charge < -0.3 is 15.2 Å². The molecule has 1 saturated carbocycles. The van der Waals surface area contributed by atoms with Crippen LogP contribution < -0.4 is 10.5 Å². The van der Waals surface area contributed by atoms with Crippen LogP contribution in [0.4, 0.5) is 5.69 Å². The van der Waals surface area contributed by atoms with E-state index in [-0.39, 0.29) is 6.10 Å². The van der Waals surface area contributed by atoms with Crippen molar-refractivity contribution in [3.8, 4) is 5.75 Å². The highest BCUT2D eigenvalue weighted by Gasteiger charge is 2.23. The Labute approximate surface area is 131 Å². The van der Waals surface area contributed by atoms with E-state index in [0.29, 0.717) is 5.92 Å². The maximum Gasteiger partial charge on any atom is 0.131 e. The molecule has 0 spiro atoms. The average Bonchev–Trinajstić information content (AvgIpc) is 2.49. The lowest BCUT2D eigenvalue weighted by Crippen LogP contribution is -2.26. The van der Waals surface area contributed by atoms with E-state index in [1.165, 1.54) is 0 Å². The molecule has 0 bridgehead atoms. The second-order valence-electron chi connectivity index (χ2n) is 6.22. The fourth-order valence-corrected chi connectivity index (χ4v) is 3.35. The number of nitrogens with two attached hydrogens (primary N) is 1. The second-order valence-corrected chi connectivity index (χ2v) is 6.22. The molecule has 1 aromatic heterocycles. The Morgan fingerprint density at radius 1 is 1.23 bits per heavy atom. The van der Waals surface area contributed by atoms with E-state index in [0.717, 1.165) is 60.3 Å². The SMILES string of the molecule is COC[C@H]1CC[C@H](Oc2cccc3nc(C)cc(N)c23)CC1. The first-order valence-electron chi connectivity index (χ1n) is 7.99. The van der Waals surface area contributed by atoms with Crippen molar-refractivity contribution in [2.45, 2.75) is 38.7 Å². The molecular weight excluding hydrogens is 276 g/mol. The summed E-state index contributed by atoms with van der Waals surface area (Å²) in [4.78, 5) is 4.55. The first kappa shape index (κ1) is 15.1. The number of rotatable bonds is 4. The third kappa shape index (κ3) is 3.17. The smallest absolute Gasteiger partial charge is 0.131 e. The summed E-state index contributed by atoms with van der Waals surface area (Å²) < 4.78 is 11.5. The van der Waals surface area contributed by atoms with Crippen LogP contribution >= 0.6 is 0 Å². The number of hydrogen-bond acceptors (Lipinski definition) is 4. The standard InChI is InChI=1S/C18H24N2O2/c1-12-10-15(19)18-16(20-12)4-3-5-17(18)22-14-8-6-13(7-9-14)11-21-2/h3-5,10,13-14H,6-9,11H2,1-2H3,(H2,19,20)/t13-,14-. The number of aryl methyl sites for hydroxylation is 1. The number of aromatic nitrogens is 1. The summed E-state index contributed by atoms with van der Waals surface area (Å²) in [6, 6.07) is 7.88. The number of pyridine rings is 1. The predicted octanol–water partition coefficient (Wildman–Crippen LogP) is 3.71. The molecule has 3 rings (SSSR count). The van der Waals surface area contributed by atoms with Crippen LogP contribution in [0.15, 0.2) is 24.3 Å². The van der Waals surface area contributed by atoms with Gasteiger partial charge in [-0.3, -0.25) is 4.98 Å². The van der Waals surface area contributed by atoms with Crippen LogP contribution in [0.2, 0.25) is 0 Å². The van der Waals surface area contributed by atoms with E-state index in [2.05, 4.69) is 4.98 Å². The number of nitrogens with zero attached hydrogens (tertiary/aromatic N) is 1. The zero-order valence-electron chi connectivity index (χ0n) is 13.3. The summed E-state index contributed by atoms with van der Waals surface area (Å²) in [6.45, 7) is 2.82. The molecule has 4 heteroatoms. The van der Waals surface area contributed by atoms with Crippen LogP contribution in [0.3, 0.4) is 0 Å². The zero-order valence-corrected chi connectivity index (χ0v) is 13.3. The fraction of sp³-hybridized carbons (Fsp3) is 0.500. The molecule has 2 N–H and O–H groups in total. The predicted molar refractivity (Wildman–Crippen MR) is 89.1 cm³/mol. The second kappa shape index (κ2) is 6.53. The molecule has 0 saturated heterocycles. The van der Waals surface area contributed by atoms with E-state index >= 15 is 0 Å². The Balaban J connectivity index is 1.77. The molecule has 0 amide bonds. The molecule has 0 atom stereocenters. The molecule has 1 heterocycles. The summed E-state index contributed by atoms with van der Waals surface area (Å²) in [5.41, 5.74) is 8.77. The van der Waals surface area contributed by atoms with Crippen LogP contribution in [0, 0.1) is 12.8 Å². The van der Waals surface area contributed by atoms with E-state index < -0.39 is 0 Å². The third-order valence-corrected chi connectivity index (χ3v) is 4.44. The number of nitrogen functional groups attached to an aromatic ring is 1. The van der Waals surface area contributed by atoms with Crippen LogP contribution in [0.1, 0.15) is 31.4 Å². The Hall–Kier alpha value is -1.81. The summed E-state index contributed by atoms with van der Waals surface area (Å²) in [5.74, 6) is 1.53. The molecule has 1 aromatic carbocycles. The van der Waals surface area contributed by atoms with E-state index in [1.54, 1.807) is 7.11 Å². The van der Waals surface area contributed by atoms with Crippen molar-refractivity contribution < 1.29 is 9.47 Å². The largest absolute Gasteiger partial charge is 0.490 e. The van der Waals surface area contributed by atoms with Crippen molar-refractivity contribution in [3.05, 3.63) is 30.0 Å². The lowest BCUT2D eigenvalue weighted by atomic mass is 9.88. The maximum atomic E-state index is 6.25. The van der Waals surface area contributed by atoms with Gasteiger partial charge in [0.2, 0.25) is 0 Å². The maximum absolute atomic E-state index is 6.25.